The molecule has 0 aliphatic carbocycles. The van der Waals surface area contributed by atoms with Crippen LogP contribution >= 0.6 is 11.6 Å². The minimum absolute atomic E-state index is 0.105. The molecule has 0 aliphatic rings. The lowest BCUT2D eigenvalue weighted by Crippen LogP contribution is -2.11. The SMILES string of the molecule is COc1ccc(Cl)cc1-c1noc(-c2ccn(COc3ccc(C(C)(C)C)cc3)n2)n1. The molecule has 0 unspecified atom stereocenters. The molecule has 4 rings (SSSR count). The van der Waals surface area contributed by atoms with Crippen LogP contribution in [-0.2, 0) is 12.1 Å². The molecule has 0 atom stereocenters. The van der Waals surface area contributed by atoms with E-state index in [1.807, 2.05) is 12.1 Å². The largest absolute Gasteiger partial charge is 0.496 e. The molecule has 0 aliphatic heterocycles. The van der Waals surface area contributed by atoms with Crippen molar-refractivity contribution in [1.29, 1.82) is 0 Å². The molecule has 7 nitrogen and oxygen atoms in total. The molecule has 8 heteroatoms. The van der Waals surface area contributed by atoms with Crippen LogP contribution in [0.2, 0.25) is 5.02 Å². The van der Waals surface area contributed by atoms with Gasteiger partial charge in [0.15, 0.2) is 12.4 Å². The van der Waals surface area contributed by atoms with Crippen LogP contribution in [0, 0.1) is 0 Å². The van der Waals surface area contributed by atoms with Gasteiger partial charge in [0.1, 0.15) is 11.5 Å². The van der Waals surface area contributed by atoms with Crippen molar-refractivity contribution in [2.45, 2.75) is 32.9 Å². The summed E-state index contributed by atoms with van der Waals surface area (Å²) in [5, 5.41) is 9.05. The van der Waals surface area contributed by atoms with Crippen molar-refractivity contribution < 1.29 is 14.0 Å². The summed E-state index contributed by atoms with van der Waals surface area (Å²) in [5.74, 6) is 2.05. The number of hydrogen-bond donors (Lipinski definition) is 0. The molecule has 2 heterocycles. The molecule has 0 amide bonds. The Morgan fingerprint density at radius 2 is 1.84 bits per heavy atom. The van der Waals surface area contributed by atoms with Gasteiger partial charge in [-0.1, -0.05) is 49.7 Å². The van der Waals surface area contributed by atoms with Crippen LogP contribution in [0.3, 0.4) is 0 Å². The topological polar surface area (TPSA) is 75.2 Å². The molecule has 0 fully saturated rings. The van der Waals surface area contributed by atoms with Crippen molar-refractivity contribution in [2.75, 3.05) is 7.11 Å². The van der Waals surface area contributed by atoms with Gasteiger partial charge in [-0.05, 0) is 47.4 Å². The van der Waals surface area contributed by atoms with E-state index in [9.17, 15) is 0 Å². The molecule has 0 radical (unpaired) electrons. The van der Waals surface area contributed by atoms with Gasteiger partial charge in [-0.25, -0.2) is 4.68 Å². The van der Waals surface area contributed by atoms with Gasteiger partial charge in [0.2, 0.25) is 5.82 Å². The number of ether oxygens (including phenoxy) is 2. The molecule has 0 saturated carbocycles. The van der Waals surface area contributed by atoms with Gasteiger partial charge in [0.05, 0.1) is 12.7 Å². The summed E-state index contributed by atoms with van der Waals surface area (Å²) in [6.07, 6.45) is 1.79. The maximum Gasteiger partial charge on any atom is 0.278 e. The molecule has 31 heavy (non-hydrogen) atoms. The van der Waals surface area contributed by atoms with Gasteiger partial charge in [-0.3, -0.25) is 0 Å². The minimum atomic E-state index is 0.105. The Balaban J connectivity index is 1.46. The highest BCUT2D eigenvalue weighted by Crippen LogP contribution is 2.31. The predicted octanol–water partition coefficient (Wildman–Crippen LogP) is 5.60. The highest BCUT2D eigenvalue weighted by molar-refractivity contribution is 6.30. The molecule has 160 valence electrons. The fourth-order valence-corrected chi connectivity index (χ4v) is 3.20. The molecule has 2 aromatic carbocycles. The molecule has 0 N–H and O–H groups in total. The van der Waals surface area contributed by atoms with Crippen LogP contribution in [0.5, 0.6) is 11.5 Å². The lowest BCUT2D eigenvalue weighted by atomic mass is 9.87. The Kier molecular flexibility index (Phi) is 5.69. The molecular formula is C23H23ClN4O3. The summed E-state index contributed by atoms with van der Waals surface area (Å²) in [5.41, 5.74) is 2.55. The average molecular weight is 439 g/mol. The van der Waals surface area contributed by atoms with Crippen LogP contribution in [-0.4, -0.2) is 27.0 Å². The number of halogens is 1. The molecule has 2 aromatic heterocycles. The average Bonchev–Trinajstić information content (AvgIpc) is 3.41. The third-order valence-corrected chi connectivity index (χ3v) is 5.01. The summed E-state index contributed by atoms with van der Waals surface area (Å²) in [7, 11) is 1.58. The Morgan fingerprint density at radius 3 is 2.55 bits per heavy atom. The number of rotatable bonds is 6. The monoisotopic (exact) mass is 438 g/mol. The first kappa shape index (κ1) is 20.9. The molecule has 0 spiro atoms. The normalized spacial score (nSPS) is 11.5. The van der Waals surface area contributed by atoms with E-state index in [1.54, 1.807) is 42.3 Å². The summed E-state index contributed by atoms with van der Waals surface area (Å²) in [6.45, 7) is 6.80. The highest BCUT2D eigenvalue weighted by atomic mass is 35.5. The van der Waals surface area contributed by atoms with Crippen LogP contribution in [0.4, 0.5) is 0 Å². The van der Waals surface area contributed by atoms with Crippen molar-refractivity contribution in [1.82, 2.24) is 19.9 Å². The van der Waals surface area contributed by atoms with Crippen molar-refractivity contribution in [2.24, 2.45) is 0 Å². The predicted molar refractivity (Wildman–Crippen MR) is 118 cm³/mol. The summed E-state index contributed by atoms with van der Waals surface area (Å²) >= 11 is 6.10. The number of benzene rings is 2. The fourth-order valence-electron chi connectivity index (χ4n) is 3.03. The molecular weight excluding hydrogens is 416 g/mol. The van der Waals surface area contributed by atoms with Crippen LogP contribution in [0.15, 0.2) is 59.3 Å². The second-order valence-corrected chi connectivity index (χ2v) is 8.49. The number of nitrogens with zero attached hydrogens (tertiary/aromatic N) is 4. The summed E-state index contributed by atoms with van der Waals surface area (Å²) in [6, 6.07) is 15.1. The molecule has 0 bridgehead atoms. The van der Waals surface area contributed by atoms with Gasteiger partial charge >= 0.3 is 0 Å². The van der Waals surface area contributed by atoms with Crippen molar-refractivity contribution in [3.8, 4) is 34.5 Å². The Morgan fingerprint density at radius 1 is 1.06 bits per heavy atom. The first-order valence-electron chi connectivity index (χ1n) is 9.78. The van der Waals surface area contributed by atoms with Gasteiger partial charge in [-0.15, -0.1) is 0 Å². The summed E-state index contributed by atoms with van der Waals surface area (Å²) in [4.78, 5) is 4.43. The van der Waals surface area contributed by atoms with E-state index in [-0.39, 0.29) is 12.1 Å². The maximum atomic E-state index is 6.10. The number of hydrogen-bond acceptors (Lipinski definition) is 6. The third-order valence-electron chi connectivity index (χ3n) is 4.77. The van der Waals surface area contributed by atoms with Gasteiger partial charge in [-0.2, -0.15) is 10.1 Å². The second-order valence-electron chi connectivity index (χ2n) is 8.06. The van der Waals surface area contributed by atoms with Gasteiger partial charge in [0.25, 0.3) is 5.89 Å². The quantitative estimate of drug-likeness (QED) is 0.390. The van der Waals surface area contributed by atoms with E-state index < -0.39 is 0 Å². The minimum Gasteiger partial charge on any atom is -0.496 e. The van der Waals surface area contributed by atoms with Crippen molar-refractivity contribution in [3.05, 3.63) is 65.3 Å². The lowest BCUT2D eigenvalue weighted by molar-refractivity contribution is 0.221. The fraction of sp³-hybridized carbons (Fsp3) is 0.261. The van der Waals surface area contributed by atoms with E-state index in [2.05, 4.69) is 48.1 Å². The van der Waals surface area contributed by atoms with Gasteiger partial charge in [0, 0.05) is 11.2 Å². The van der Waals surface area contributed by atoms with Crippen LogP contribution in [0.25, 0.3) is 23.0 Å². The Labute approximate surface area is 185 Å². The molecule has 4 aromatic rings. The van der Waals surface area contributed by atoms with Crippen molar-refractivity contribution >= 4 is 11.6 Å². The lowest BCUT2D eigenvalue weighted by Gasteiger charge is -2.19. The maximum absolute atomic E-state index is 6.10. The van der Waals surface area contributed by atoms with E-state index >= 15 is 0 Å². The summed E-state index contributed by atoms with van der Waals surface area (Å²) < 4.78 is 18.2. The highest BCUT2D eigenvalue weighted by Gasteiger charge is 2.17. The second kappa shape index (κ2) is 8.43. The number of methoxy groups -OCH3 is 1. The standard InChI is InChI=1S/C23H23ClN4O3/c1-23(2,3)15-5-8-17(9-6-15)30-14-28-12-11-19(26-28)22-25-21(27-31-22)18-13-16(24)7-10-20(18)29-4/h5-13H,14H2,1-4H3. The van der Waals surface area contributed by atoms with E-state index in [4.69, 9.17) is 25.6 Å². The van der Waals surface area contributed by atoms with Crippen LogP contribution in [0.1, 0.15) is 26.3 Å². The van der Waals surface area contributed by atoms with E-state index in [0.29, 0.717) is 33.7 Å². The zero-order valence-electron chi connectivity index (χ0n) is 17.8. The van der Waals surface area contributed by atoms with E-state index in [0.717, 1.165) is 5.75 Å². The Bertz CT molecular complexity index is 1180. The smallest absolute Gasteiger partial charge is 0.278 e. The zero-order valence-corrected chi connectivity index (χ0v) is 18.6. The van der Waals surface area contributed by atoms with E-state index in [1.165, 1.54) is 5.56 Å². The zero-order chi connectivity index (χ0) is 22.0. The first-order chi connectivity index (χ1) is 14.8. The number of aromatic nitrogens is 4. The first-order valence-corrected chi connectivity index (χ1v) is 10.2. The third kappa shape index (κ3) is 4.72. The van der Waals surface area contributed by atoms with Crippen molar-refractivity contribution in [3.63, 3.8) is 0 Å². The van der Waals surface area contributed by atoms with Gasteiger partial charge < -0.3 is 14.0 Å². The molecule has 0 saturated heterocycles. The Hall–Kier alpha value is -3.32. The van der Waals surface area contributed by atoms with Crippen LogP contribution < -0.4 is 9.47 Å².